The first-order valence-corrected chi connectivity index (χ1v) is 7.30. The highest BCUT2D eigenvalue weighted by Crippen LogP contribution is 2.27. The topological polar surface area (TPSA) is 47.6 Å². The van der Waals surface area contributed by atoms with Crippen LogP contribution in [0.2, 0.25) is 0 Å². The minimum absolute atomic E-state index is 0.224. The molecule has 21 heavy (non-hydrogen) atoms. The number of hydrogen-bond donors (Lipinski definition) is 1. The Hall–Kier alpha value is -1.97. The van der Waals surface area contributed by atoms with E-state index in [1.807, 2.05) is 18.2 Å². The summed E-state index contributed by atoms with van der Waals surface area (Å²) in [4.78, 5) is 11.5. The summed E-state index contributed by atoms with van der Waals surface area (Å²) in [7, 11) is 3.27. The van der Waals surface area contributed by atoms with E-state index in [2.05, 4.69) is 12.2 Å². The van der Waals surface area contributed by atoms with Gasteiger partial charge in [-0.1, -0.05) is 13.0 Å². The number of nitrogens with one attached hydrogen (secondary N) is 1. The van der Waals surface area contributed by atoms with E-state index in [0.717, 1.165) is 36.6 Å². The average Bonchev–Trinajstić information content (AvgIpc) is 2.46. The molecule has 0 amide bonds. The third-order valence-corrected chi connectivity index (χ3v) is 3.67. The molecule has 0 heterocycles. The average molecular weight is 289 g/mol. The Balaban J connectivity index is 1.90. The molecule has 1 atom stereocenters. The minimum atomic E-state index is 0.224. The van der Waals surface area contributed by atoms with Crippen LogP contribution in [0.15, 0.2) is 30.0 Å². The largest absolute Gasteiger partial charge is 0.493 e. The predicted molar refractivity (Wildman–Crippen MR) is 82.7 cm³/mol. The first-order valence-electron chi connectivity index (χ1n) is 7.30. The van der Waals surface area contributed by atoms with Crippen molar-refractivity contribution in [3.63, 3.8) is 0 Å². The van der Waals surface area contributed by atoms with Crippen LogP contribution in [0, 0.1) is 5.92 Å². The summed E-state index contributed by atoms with van der Waals surface area (Å²) in [5, 5.41) is 3.37. The summed E-state index contributed by atoms with van der Waals surface area (Å²) >= 11 is 0. The predicted octanol–water partition coefficient (Wildman–Crippen LogP) is 2.72. The zero-order valence-corrected chi connectivity index (χ0v) is 12.9. The molecular weight excluding hydrogens is 266 g/mol. The molecule has 1 aromatic carbocycles. The molecule has 0 aliphatic heterocycles. The van der Waals surface area contributed by atoms with Gasteiger partial charge in [0.15, 0.2) is 17.3 Å². The van der Waals surface area contributed by atoms with Gasteiger partial charge in [-0.05, 0) is 36.5 Å². The third kappa shape index (κ3) is 4.25. The molecule has 0 spiro atoms. The van der Waals surface area contributed by atoms with Crippen molar-refractivity contribution in [1.82, 2.24) is 5.32 Å². The second kappa shape index (κ2) is 7.16. The fraction of sp³-hybridized carbons (Fsp3) is 0.471. The Bertz CT molecular complexity index is 537. The molecular formula is C17H23NO3. The van der Waals surface area contributed by atoms with E-state index < -0.39 is 0 Å². The molecule has 1 aliphatic carbocycles. The van der Waals surface area contributed by atoms with E-state index in [0.29, 0.717) is 12.3 Å². The Morgan fingerprint density at radius 2 is 1.95 bits per heavy atom. The maximum atomic E-state index is 11.5. The van der Waals surface area contributed by atoms with Gasteiger partial charge in [0.2, 0.25) is 0 Å². The summed E-state index contributed by atoms with van der Waals surface area (Å²) in [6, 6.07) is 5.94. The first-order chi connectivity index (χ1) is 10.1. The van der Waals surface area contributed by atoms with Gasteiger partial charge in [0.25, 0.3) is 0 Å². The maximum Gasteiger partial charge on any atom is 0.160 e. The number of allylic oxidation sites excluding steroid dienone is 2. The number of ketones is 1. The summed E-state index contributed by atoms with van der Waals surface area (Å²) in [5.74, 6) is 2.15. The number of carbonyl (C=O) groups is 1. The van der Waals surface area contributed by atoms with Gasteiger partial charge in [0.05, 0.1) is 14.2 Å². The summed E-state index contributed by atoms with van der Waals surface area (Å²) in [6.07, 6.45) is 4.24. The molecule has 0 bridgehead atoms. The molecule has 114 valence electrons. The molecule has 4 nitrogen and oxygen atoms in total. The molecule has 2 rings (SSSR count). The highest BCUT2D eigenvalue weighted by atomic mass is 16.5. The lowest BCUT2D eigenvalue weighted by molar-refractivity contribution is -0.115. The van der Waals surface area contributed by atoms with Crippen LogP contribution in [-0.4, -0.2) is 26.5 Å². The van der Waals surface area contributed by atoms with Crippen molar-refractivity contribution in [1.29, 1.82) is 0 Å². The van der Waals surface area contributed by atoms with E-state index in [9.17, 15) is 4.79 Å². The van der Waals surface area contributed by atoms with Gasteiger partial charge in [-0.15, -0.1) is 0 Å². The second-order valence-corrected chi connectivity index (χ2v) is 5.52. The molecule has 1 aliphatic rings. The molecule has 0 fully saturated rings. The number of carbonyl (C=O) groups excluding carboxylic acids is 1. The van der Waals surface area contributed by atoms with E-state index in [-0.39, 0.29) is 5.78 Å². The zero-order valence-electron chi connectivity index (χ0n) is 12.9. The zero-order chi connectivity index (χ0) is 15.2. The van der Waals surface area contributed by atoms with Crippen LogP contribution in [0.4, 0.5) is 0 Å². The highest BCUT2D eigenvalue weighted by Gasteiger charge is 2.16. The van der Waals surface area contributed by atoms with E-state index in [1.165, 1.54) is 5.56 Å². The van der Waals surface area contributed by atoms with Gasteiger partial charge < -0.3 is 14.8 Å². The Morgan fingerprint density at radius 1 is 1.19 bits per heavy atom. The van der Waals surface area contributed by atoms with Crippen molar-refractivity contribution in [2.75, 3.05) is 20.8 Å². The van der Waals surface area contributed by atoms with Crippen LogP contribution in [0.5, 0.6) is 11.5 Å². The van der Waals surface area contributed by atoms with Crippen molar-refractivity contribution < 1.29 is 14.3 Å². The van der Waals surface area contributed by atoms with Crippen LogP contribution >= 0.6 is 0 Å². The number of rotatable bonds is 6. The van der Waals surface area contributed by atoms with Gasteiger partial charge >= 0.3 is 0 Å². The van der Waals surface area contributed by atoms with Gasteiger partial charge in [-0.2, -0.15) is 0 Å². The molecule has 1 N–H and O–H groups in total. The van der Waals surface area contributed by atoms with Crippen LogP contribution < -0.4 is 14.8 Å². The summed E-state index contributed by atoms with van der Waals surface area (Å²) < 4.78 is 10.5. The van der Waals surface area contributed by atoms with Crippen LogP contribution in [-0.2, 0) is 11.2 Å². The molecule has 1 aromatic rings. The molecule has 0 aromatic heterocycles. The number of benzene rings is 1. The maximum absolute atomic E-state index is 11.5. The van der Waals surface area contributed by atoms with Crippen molar-refractivity contribution in [2.24, 2.45) is 5.92 Å². The van der Waals surface area contributed by atoms with Crippen LogP contribution in [0.3, 0.4) is 0 Å². The van der Waals surface area contributed by atoms with Gasteiger partial charge in [-0.3, -0.25) is 4.79 Å². The van der Waals surface area contributed by atoms with Crippen LogP contribution in [0.25, 0.3) is 0 Å². The molecule has 0 radical (unpaired) electrons. The van der Waals surface area contributed by atoms with Crippen molar-refractivity contribution >= 4 is 5.78 Å². The van der Waals surface area contributed by atoms with Gasteiger partial charge in [0, 0.05) is 24.7 Å². The molecule has 0 saturated carbocycles. The van der Waals surface area contributed by atoms with E-state index >= 15 is 0 Å². The monoisotopic (exact) mass is 289 g/mol. The Morgan fingerprint density at radius 3 is 2.62 bits per heavy atom. The second-order valence-electron chi connectivity index (χ2n) is 5.52. The smallest absolute Gasteiger partial charge is 0.160 e. The lowest BCUT2D eigenvalue weighted by atomic mass is 9.93. The van der Waals surface area contributed by atoms with E-state index in [1.54, 1.807) is 20.3 Å². The standard InChI is InChI=1S/C17H23NO3/c1-12-8-14(11-15(19)9-12)18-7-6-13-4-5-16(20-2)17(10-13)21-3/h4-5,10-12,18H,6-9H2,1-3H3. The van der Waals surface area contributed by atoms with Crippen molar-refractivity contribution in [2.45, 2.75) is 26.2 Å². The number of hydrogen-bond acceptors (Lipinski definition) is 4. The minimum Gasteiger partial charge on any atom is -0.493 e. The number of methoxy groups -OCH3 is 2. The van der Waals surface area contributed by atoms with Crippen molar-refractivity contribution in [3.05, 3.63) is 35.5 Å². The highest BCUT2D eigenvalue weighted by molar-refractivity contribution is 5.91. The summed E-state index contributed by atoms with van der Waals surface area (Å²) in [5.41, 5.74) is 2.23. The van der Waals surface area contributed by atoms with Gasteiger partial charge in [-0.25, -0.2) is 0 Å². The lowest BCUT2D eigenvalue weighted by Crippen LogP contribution is -2.23. The van der Waals surface area contributed by atoms with E-state index in [4.69, 9.17) is 9.47 Å². The van der Waals surface area contributed by atoms with Gasteiger partial charge in [0.1, 0.15) is 0 Å². The van der Waals surface area contributed by atoms with Crippen molar-refractivity contribution in [3.8, 4) is 11.5 Å². The first kappa shape index (κ1) is 15.4. The molecule has 0 saturated heterocycles. The normalized spacial score (nSPS) is 18.1. The molecule has 1 unspecified atom stereocenters. The Labute approximate surface area is 126 Å². The fourth-order valence-electron chi connectivity index (χ4n) is 2.63. The SMILES string of the molecule is COc1ccc(CCNC2=CC(=O)CC(C)C2)cc1OC. The fourth-order valence-corrected chi connectivity index (χ4v) is 2.63. The lowest BCUT2D eigenvalue weighted by Gasteiger charge is -2.19. The molecule has 4 heteroatoms. The van der Waals surface area contributed by atoms with Crippen LogP contribution in [0.1, 0.15) is 25.3 Å². The number of ether oxygens (including phenoxy) is 2. The summed E-state index contributed by atoms with van der Waals surface area (Å²) in [6.45, 7) is 2.92. The Kier molecular flexibility index (Phi) is 5.26. The third-order valence-electron chi connectivity index (χ3n) is 3.67. The quantitative estimate of drug-likeness (QED) is 0.874.